The number of hydrogen-bond donors (Lipinski definition) is 0. The van der Waals surface area contributed by atoms with Gasteiger partial charge in [0.15, 0.2) is 16.6 Å². The molecule has 0 bridgehead atoms. The molecule has 1 unspecified atom stereocenters. The Labute approximate surface area is 100 Å². The molecule has 1 atom stereocenters. The normalized spacial score (nSPS) is 16.0. The summed E-state index contributed by atoms with van der Waals surface area (Å²) in [6.45, 7) is 15.6. The molecule has 0 rings (SSSR count). The van der Waals surface area contributed by atoms with E-state index in [1.165, 1.54) is 16.3 Å². The van der Waals surface area contributed by atoms with Crippen molar-refractivity contribution < 1.29 is 8.85 Å². The minimum absolute atomic E-state index is 0.0424. The van der Waals surface area contributed by atoms with E-state index in [1.807, 2.05) is 0 Å². The van der Waals surface area contributed by atoms with E-state index in [9.17, 15) is 0 Å². The molecule has 0 saturated heterocycles. The Morgan fingerprint density at radius 1 is 0.933 bits per heavy atom. The molecule has 0 aliphatic rings. The molecule has 0 radical (unpaired) electrons. The van der Waals surface area contributed by atoms with Crippen molar-refractivity contribution in [3.8, 4) is 0 Å². The molecule has 0 saturated carbocycles. The fraction of sp³-hybridized carbons (Fsp3) is 1.00. The van der Waals surface area contributed by atoms with Crippen LogP contribution < -0.4 is 0 Å². The summed E-state index contributed by atoms with van der Waals surface area (Å²) in [5, 5.41) is 0. The third-order valence-corrected chi connectivity index (χ3v) is 5.21. The van der Waals surface area contributed by atoms with Crippen molar-refractivity contribution in [1.82, 2.24) is 0 Å². The molecule has 0 amide bonds. The third kappa shape index (κ3) is 8.39. The highest BCUT2D eigenvalue weighted by Gasteiger charge is 2.29. The lowest BCUT2D eigenvalue weighted by atomic mass is 10.2. The van der Waals surface area contributed by atoms with Gasteiger partial charge in [0.2, 0.25) is 0 Å². The van der Waals surface area contributed by atoms with Crippen molar-refractivity contribution in [1.29, 1.82) is 0 Å². The van der Waals surface area contributed by atoms with Crippen molar-refractivity contribution in [3.63, 3.8) is 0 Å². The topological polar surface area (TPSA) is 18.5 Å². The summed E-state index contributed by atoms with van der Waals surface area (Å²) < 4.78 is 12.3. The van der Waals surface area contributed by atoms with Gasteiger partial charge in [-0.05, 0) is 39.3 Å². The van der Waals surface area contributed by atoms with Gasteiger partial charge >= 0.3 is 0 Å². The van der Waals surface area contributed by atoms with Gasteiger partial charge < -0.3 is 8.85 Å². The Hall–Kier alpha value is 0.571. The maximum absolute atomic E-state index is 6.14. The second kappa shape index (κ2) is 5.77. The van der Waals surface area contributed by atoms with Crippen LogP contribution in [0.15, 0.2) is 0 Å². The summed E-state index contributed by atoms with van der Waals surface area (Å²) >= 11 is 0. The van der Waals surface area contributed by atoms with Gasteiger partial charge in [0, 0.05) is 16.2 Å². The van der Waals surface area contributed by atoms with Gasteiger partial charge in [-0.25, -0.2) is 0 Å². The molecule has 0 aliphatic heterocycles. The number of rotatable bonds is 6. The van der Waals surface area contributed by atoms with Gasteiger partial charge in [-0.2, -0.15) is 0 Å². The molecule has 5 heteroatoms. The molecule has 0 fully saturated rings. The maximum Gasteiger partial charge on any atom is 0.187 e. The fourth-order valence-corrected chi connectivity index (χ4v) is 3.58. The smallest absolute Gasteiger partial charge is 0.187 e. The van der Waals surface area contributed by atoms with Crippen LogP contribution in [0.5, 0.6) is 0 Å². The standard InChI is InChI=1S/C10H28O2Si3/c1-9(8-13)10(11-14(2,3)4)12-15(5,6)7/h9-10H,8H2,1-7,13H3. The highest BCUT2D eigenvalue weighted by molar-refractivity contribution is 6.70. The minimum atomic E-state index is -1.49. The average Bonchev–Trinajstić information content (AvgIpc) is 1.96. The lowest BCUT2D eigenvalue weighted by molar-refractivity contribution is -0.0421. The zero-order chi connectivity index (χ0) is 12.3. The Morgan fingerprint density at radius 3 is 1.47 bits per heavy atom. The van der Waals surface area contributed by atoms with Gasteiger partial charge in [-0.3, -0.25) is 0 Å². The molecule has 0 spiro atoms. The predicted octanol–water partition coefficient (Wildman–Crippen LogP) is 2.44. The van der Waals surface area contributed by atoms with E-state index in [0.717, 1.165) is 0 Å². The first-order valence-electron chi connectivity index (χ1n) is 5.91. The van der Waals surface area contributed by atoms with Gasteiger partial charge in [0.1, 0.15) is 6.29 Å². The van der Waals surface area contributed by atoms with Crippen LogP contribution in [0.3, 0.4) is 0 Å². The van der Waals surface area contributed by atoms with Gasteiger partial charge in [-0.1, -0.05) is 13.0 Å². The molecule has 0 N–H and O–H groups in total. The quantitative estimate of drug-likeness (QED) is 0.542. The van der Waals surface area contributed by atoms with E-state index in [2.05, 4.69) is 46.2 Å². The second-order valence-electron chi connectivity index (χ2n) is 6.21. The van der Waals surface area contributed by atoms with Crippen molar-refractivity contribution >= 4 is 26.9 Å². The minimum Gasteiger partial charge on any atom is -0.394 e. The first kappa shape index (κ1) is 15.6. The molecule has 0 aliphatic carbocycles. The maximum atomic E-state index is 6.14. The Balaban J connectivity index is 4.46. The van der Waals surface area contributed by atoms with Crippen molar-refractivity contribution in [2.45, 2.75) is 58.5 Å². The zero-order valence-electron chi connectivity index (χ0n) is 11.7. The fourth-order valence-electron chi connectivity index (χ4n) is 1.15. The molecular weight excluding hydrogens is 236 g/mol. The number of hydrogen-bond acceptors (Lipinski definition) is 2. The van der Waals surface area contributed by atoms with E-state index in [-0.39, 0.29) is 6.29 Å². The molecule has 15 heavy (non-hydrogen) atoms. The van der Waals surface area contributed by atoms with Crippen LogP contribution in [0.1, 0.15) is 6.92 Å². The summed E-state index contributed by atoms with van der Waals surface area (Å²) in [5.74, 6) is 0.551. The van der Waals surface area contributed by atoms with E-state index in [1.54, 1.807) is 0 Å². The molecule has 92 valence electrons. The lowest BCUT2D eigenvalue weighted by Gasteiger charge is -2.34. The highest BCUT2D eigenvalue weighted by Crippen LogP contribution is 2.21. The lowest BCUT2D eigenvalue weighted by Crippen LogP contribution is -2.43. The predicted molar refractivity (Wildman–Crippen MR) is 76.6 cm³/mol. The van der Waals surface area contributed by atoms with Crippen LogP contribution in [-0.4, -0.2) is 33.2 Å². The monoisotopic (exact) mass is 264 g/mol. The largest absolute Gasteiger partial charge is 0.394 e. The molecule has 0 aromatic carbocycles. The molecule has 2 nitrogen and oxygen atoms in total. The Morgan fingerprint density at radius 2 is 1.27 bits per heavy atom. The first-order chi connectivity index (χ1) is 6.55. The van der Waals surface area contributed by atoms with Crippen molar-refractivity contribution in [2.75, 3.05) is 0 Å². The molecule has 0 aromatic heterocycles. The van der Waals surface area contributed by atoms with Crippen LogP contribution in [0.25, 0.3) is 0 Å². The van der Waals surface area contributed by atoms with Gasteiger partial charge in [-0.15, -0.1) is 0 Å². The summed E-state index contributed by atoms with van der Waals surface area (Å²) in [7, 11) is -1.75. The van der Waals surface area contributed by atoms with Crippen LogP contribution in [-0.2, 0) is 8.85 Å². The van der Waals surface area contributed by atoms with Crippen molar-refractivity contribution in [2.24, 2.45) is 5.92 Å². The van der Waals surface area contributed by atoms with Crippen LogP contribution in [0, 0.1) is 5.92 Å². The summed E-state index contributed by atoms with van der Waals surface area (Å²) in [6, 6.07) is 1.25. The Kier molecular flexibility index (Phi) is 5.99. The van der Waals surface area contributed by atoms with Crippen molar-refractivity contribution in [3.05, 3.63) is 0 Å². The average molecular weight is 265 g/mol. The van der Waals surface area contributed by atoms with E-state index >= 15 is 0 Å². The summed E-state index contributed by atoms with van der Waals surface area (Å²) in [4.78, 5) is 0. The van der Waals surface area contributed by atoms with Gasteiger partial charge in [0.25, 0.3) is 0 Å². The van der Waals surface area contributed by atoms with Crippen LogP contribution >= 0.6 is 0 Å². The molecular formula is C10H28O2Si3. The summed E-state index contributed by atoms with van der Waals surface area (Å²) in [5.41, 5.74) is 0. The van der Waals surface area contributed by atoms with Crippen LogP contribution in [0.4, 0.5) is 0 Å². The highest BCUT2D eigenvalue weighted by atomic mass is 28.4. The molecule has 0 heterocycles. The van der Waals surface area contributed by atoms with Crippen LogP contribution in [0.2, 0.25) is 45.3 Å². The van der Waals surface area contributed by atoms with E-state index < -0.39 is 16.6 Å². The zero-order valence-corrected chi connectivity index (χ0v) is 15.7. The summed E-state index contributed by atoms with van der Waals surface area (Å²) in [6.07, 6.45) is 0.0424. The van der Waals surface area contributed by atoms with Gasteiger partial charge in [0.05, 0.1) is 0 Å². The van der Waals surface area contributed by atoms with E-state index in [4.69, 9.17) is 8.85 Å². The molecule has 0 aromatic rings. The first-order valence-corrected chi connectivity index (χ1v) is 14.1. The third-order valence-electron chi connectivity index (χ3n) is 2.05. The second-order valence-corrected chi connectivity index (χ2v) is 16.0. The Bertz CT molecular complexity index is 168. The van der Waals surface area contributed by atoms with E-state index in [0.29, 0.717) is 5.92 Å². The SMILES string of the molecule is CC(C[SiH3])C(O[Si](C)(C)C)O[Si](C)(C)C.